The zero-order valence-electron chi connectivity index (χ0n) is 16.1. The molecule has 140 valence electrons. The highest BCUT2D eigenvalue weighted by Gasteiger charge is 2.35. The Labute approximate surface area is 168 Å². The summed E-state index contributed by atoms with van der Waals surface area (Å²) in [6.45, 7) is 4.34. The van der Waals surface area contributed by atoms with Gasteiger partial charge in [-0.1, -0.05) is 19.9 Å². The summed E-state index contributed by atoms with van der Waals surface area (Å²) >= 11 is 1.76. The number of benzene rings is 1. The fourth-order valence-corrected chi connectivity index (χ4v) is 5.17. The number of H-pyrrole nitrogens is 1. The normalized spacial score (nSPS) is 15.7. The quantitative estimate of drug-likeness (QED) is 0.467. The van der Waals surface area contributed by atoms with E-state index in [1.807, 2.05) is 24.5 Å². The molecule has 4 aromatic rings. The van der Waals surface area contributed by atoms with E-state index in [9.17, 15) is 4.79 Å². The molecule has 1 aliphatic rings. The SMILES string of the molecule is CC1(C)CC(=O)c2c([nH]c(-c3ccncc3)c2Cc2ccc3sccc3c2)C1. The summed E-state index contributed by atoms with van der Waals surface area (Å²) in [6.07, 6.45) is 5.87. The minimum Gasteiger partial charge on any atom is -0.358 e. The van der Waals surface area contributed by atoms with Crippen molar-refractivity contribution >= 4 is 27.2 Å². The van der Waals surface area contributed by atoms with Crippen LogP contribution in [0.2, 0.25) is 0 Å². The number of ketones is 1. The molecule has 28 heavy (non-hydrogen) atoms. The van der Waals surface area contributed by atoms with Crippen LogP contribution in [0.4, 0.5) is 0 Å². The number of pyridine rings is 1. The van der Waals surface area contributed by atoms with Gasteiger partial charge in [-0.15, -0.1) is 11.3 Å². The summed E-state index contributed by atoms with van der Waals surface area (Å²) in [6, 6.07) is 12.8. The second-order valence-electron chi connectivity index (χ2n) is 8.48. The fraction of sp³-hybridized carbons (Fsp3) is 0.250. The second-order valence-corrected chi connectivity index (χ2v) is 9.43. The summed E-state index contributed by atoms with van der Waals surface area (Å²) in [7, 11) is 0. The molecular formula is C24H22N2OS. The van der Waals surface area contributed by atoms with Crippen LogP contribution in [0.5, 0.6) is 0 Å². The van der Waals surface area contributed by atoms with Gasteiger partial charge in [-0.2, -0.15) is 0 Å². The van der Waals surface area contributed by atoms with Crippen LogP contribution < -0.4 is 0 Å². The van der Waals surface area contributed by atoms with Crippen LogP contribution in [0.25, 0.3) is 21.3 Å². The molecule has 3 nitrogen and oxygen atoms in total. The molecule has 0 aliphatic heterocycles. The van der Waals surface area contributed by atoms with Crippen LogP contribution >= 0.6 is 11.3 Å². The Balaban J connectivity index is 1.66. The number of carbonyl (C=O) groups excluding carboxylic acids is 1. The van der Waals surface area contributed by atoms with Crippen molar-refractivity contribution in [3.63, 3.8) is 0 Å². The topological polar surface area (TPSA) is 45.8 Å². The number of thiophene rings is 1. The van der Waals surface area contributed by atoms with E-state index >= 15 is 0 Å². The number of hydrogen-bond donors (Lipinski definition) is 1. The molecule has 3 heterocycles. The van der Waals surface area contributed by atoms with E-state index in [2.05, 4.69) is 53.5 Å². The van der Waals surface area contributed by atoms with E-state index in [0.29, 0.717) is 6.42 Å². The van der Waals surface area contributed by atoms with Gasteiger partial charge in [0.25, 0.3) is 0 Å². The predicted octanol–water partition coefficient (Wildman–Crippen LogP) is 6.04. The maximum absolute atomic E-state index is 13.1. The van der Waals surface area contributed by atoms with Crippen LogP contribution in [0.1, 0.15) is 47.4 Å². The first-order chi connectivity index (χ1) is 13.5. The summed E-state index contributed by atoms with van der Waals surface area (Å²) in [4.78, 5) is 20.9. The molecule has 0 amide bonds. The van der Waals surface area contributed by atoms with E-state index in [0.717, 1.165) is 40.9 Å². The van der Waals surface area contributed by atoms with Gasteiger partial charge in [-0.3, -0.25) is 9.78 Å². The van der Waals surface area contributed by atoms with E-state index < -0.39 is 0 Å². The van der Waals surface area contributed by atoms with Crippen molar-refractivity contribution in [3.05, 3.63) is 76.6 Å². The smallest absolute Gasteiger partial charge is 0.165 e. The number of aromatic amines is 1. The molecule has 0 spiro atoms. The van der Waals surface area contributed by atoms with Crippen LogP contribution in [-0.2, 0) is 12.8 Å². The van der Waals surface area contributed by atoms with Crippen LogP contribution in [0.3, 0.4) is 0 Å². The molecule has 0 atom stereocenters. The average molecular weight is 387 g/mol. The number of carbonyl (C=O) groups is 1. The molecule has 1 aromatic carbocycles. The molecule has 0 fully saturated rings. The maximum atomic E-state index is 13.1. The van der Waals surface area contributed by atoms with Crippen molar-refractivity contribution < 1.29 is 4.79 Å². The van der Waals surface area contributed by atoms with Gasteiger partial charge in [0.05, 0.1) is 5.69 Å². The lowest BCUT2D eigenvalue weighted by Gasteiger charge is -2.28. The van der Waals surface area contributed by atoms with Crippen molar-refractivity contribution in [1.82, 2.24) is 9.97 Å². The van der Waals surface area contributed by atoms with Crippen molar-refractivity contribution in [3.8, 4) is 11.3 Å². The van der Waals surface area contributed by atoms with Gasteiger partial charge >= 0.3 is 0 Å². The summed E-state index contributed by atoms with van der Waals surface area (Å²) in [5.74, 6) is 0.259. The maximum Gasteiger partial charge on any atom is 0.165 e. The lowest BCUT2D eigenvalue weighted by atomic mass is 9.75. The van der Waals surface area contributed by atoms with E-state index in [1.54, 1.807) is 11.3 Å². The molecule has 0 bridgehead atoms. The van der Waals surface area contributed by atoms with Gasteiger partial charge in [-0.05, 0) is 64.1 Å². The molecule has 4 heteroatoms. The van der Waals surface area contributed by atoms with Crippen molar-refractivity contribution in [2.45, 2.75) is 33.1 Å². The molecule has 1 aliphatic carbocycles. The summed E-state index contributed by atoms with van der Waals surface area (Å²) in [5.41, 5.74) is 6.50. The third-order valence-electron chi connectivity index (χ3n) is 5.62. The van der Waals surface area contributed by atoms with Crippen molar-refractivity contribution in [1.29, 1.82) is 0 Å². The van der Waals surface area contributed by atoms with Crippen molar-refractivity contribution in [2.75, 3.05) is 0 Å². The van der Waals surface area contributed by atoms with Gasteiger partial charge < -0.3 is 4.98 Å². The predicted molar refractivity (Wildman–Crippen MR) is 115 cm³/mol. The number of aromatic nitrogens is 2. The highest BCUT2D eigenvalue weighted by atomic mass is 32.1. The zero-order valence-corrected chi connectivity index (χ0v) is 16.9. The summed E-state index contributed by atoms with van der Waals surface area (Å²) < 4.78 is 1.30. The highest BCUT2D eigenvalue weighted by Crippen LogP contribution is 2.40. The number of nitrogens with one attached hydrogen (secondary N) is 1. The molecule has 5 rings (SSSR count). The number of rotatable bonds is 3. The summed E-state index contributed by atoms with van der Waals surface area (Å²) in [5, 5.41) is 3.39. The lowest BCUT2D eigenvalue weighted by molar-refractivity contribution is 0.0911. The molecule has 0 saturated carbocycles. The highest BCUT2D eigenvalue weighted by molar-refractivity contribution is 7.17. The zero-order chi connectivity index (χ0) is 19.3. The fourth-order valence-electron chi connectivity index (χ4n) is 4.40. The third kappa shape index (κ3) is 2.98. The average Bonchev–Trinajstić information content (AvgIpc) is 3.26. The van der Waals surface area contributed by atoms with Crippen LogP contribution in [-0.4, -0.2) is 15.8 Å². The van der Waals surface area contributed by atoms with Gasteiger partial charge in [-0.25, -0.2) is 0 Å². The van der Waals surface area contributed by atoms with Gasteiger partial charge in [0.2, 0.25) is 0 Å². The minimum absolute atomic E-state index is 0.00267. The number of Topliss-reactive ketones (excluding diaryl/α,β-unsaturated/α-hetero) is 1. The monoisotopic (exact) mass is 386 g/mol. The van der Waals surface area contributed by atoms with Gasteiger partial charge in [0.1, 0.15) is 0 Å². The minimum atomic E-state index is -0.00267. The number of nitrogens with zero attached hydrogens (tertiary/aromatic N) is 1. The van der Waals surface area contributed by atoms with E-state index in [1.165, 1.54) is 15.6 Å². The first-order valence-corrected chi connectivity index (χ1v) is 10.5. The molecule has 1 N–H and O–H groups in total. The Hall–Kier alpha value is -2.72. The van der Waals surface area contributed by atoms with Gasteiger partial charge in [0.15, 0.2) is 5.78 Å². The second kappa shape index (κ2) is 6.42. The Morgan fingerprint density at radius 1 is 1.11 bits per heavy atom. The Morgan fingerprint density at radius 3 is 2.75 bits per heavy atom. The largest absolute Gasteiger partial charge is 0.358 e. The number of hydrogen-bond acceptors (Lipinski definition) is 3. The lowest BCUT2D eigenvalue weighted by Crippen LogP contribution is -2.27. The molecular weight excluding hydrogens is 364 g/mol. The number of fused-ring (bicyclic) bond motifs is 2. The first kappa shape index (κ1) is 17.4. The Kier molecular flexibility index (Phi) is 3.98. The van der Waals surface area contributed by atoms with Crippen molar-refractivity contribution in [2.24, 2.45) is 5.41 Å². The molecule has 0 radical (unpaired) electrons. The molecule has 3 aromatic heterocycles. The van der Waals surface area contributed by atoms with E-state index in [-0.39, 0.29) is 11.2 Å². The standard InChI is InChI=1S/C24H22N2OS/c1-24(2)13-19-22(20(27)14-24)18(23(26-19)16-5-8-25-9-6-16)12-15-3-4-21-17(11-15)7-10-28-21/h3-11,26H,12-14H2,1-2H3. The first-order valence-electron chi connectivity index (χ1n) is 9.64. The van der Waals surface area contributed by atoms with Crippen LogP contribution in [0, 0.1) is 5.41 Å². The van der Waals surface area contributed by atoms with E-state index in [4.69, 9.17) is 0 Å². The molecule has 0 saturated heterocycles. The van der Waals surface area contributed by atoms with Gasteiger partial charge in [0, 0.05) is 46.8 Å². The molecule has 0 unspecified atom stereocenters. The third-order valence-corrected chi connectivity index (χ3v) is 6.52. The van der Waals surface area contributed by atoms with Crippen LogP contribution in [0.15, 0.2) is 54.2 Å². The Bertz CT molecular complexity index is 1180. The Morgan fingerprint density at radius 2 is 1.93 bits per heavy atom.